The molecule has 1 rings (SSSR count). The van der Waals surface area contributed by atoms with Crippen molar-refractivity contribution in [2.45, 2.75) is 0 Å². The van der Waals surface area contributed by atoms with Gasteiger partial charge in [0.05, 0.1) is 0 Å². The smallest absolute Gasteiger partial charge is 0.746 e. The maximum Gasteiger partial charge on any atom is 1.00 e. The van der Waals surface area contributed by atoms with E-state index in [0.29, 0.717) is 0 Å². The van der Waals surface area contributed by atoms with Crippen molar-refractivity contribution >= 4 is 7.82 Å². The van der Waals surface area contributed by atoms with Crippen LogP contribution in [0, 0.1) is 0 Å². The van der Waals surface area contributed by atoms with E-state index in [-0.39, 0.29) is 46.3 Å². The van der Waals surface area contributed by atoms with Gasteiger partial charge in [-0.3, -0.25) is 4.57 Å². The van der Waals surface area contributed by atoms with E-state index in [1.54, 1.807) is 18.2 Å². The van der Waals surface area contributed by atoms with Crippen LogP contribution in [-0.2, 0) is 4.57 Å². The van der Waals surface area contributed by atoms with E-state index in [0.717, 1.165) is 0 Å². The molecule has 0 aliphatic rings. The second-order valence-corrected chi connectivity index (χ2v) is 2.99. The third-order valence-electron chi connectivity index (χ3n) is 0.964. The molecule has 0 amide bonds. The summed E-state index contributed by atoms with van der Waals surface area (Å²) in [5.41, 5.74) is 0. The third-order valence-corrected chi connectivity index (χ3v) is 1.41. The first kappa shape index (κ1) is 19.6. The summed E-state index contributed by atoms with van der Waals surface area (Å²) in [4.78, 5) is 18.4. The first-order valence-corrected chi connectivity index (χ1v) is 4.36. The van der Waals surface area contributed by atoms with E-state index >= 15 is 0 Å². The second kappa shape index (κ2) is 8.40. The zero-order valence-electron chi connectivity index (χ0n) is 7.51. The van der Waals surface area contributed by atoms with Crippen molar-refractivity contribution in [3.8, 4) is 5.75 Å². The monoisotopic (exact) mass is 232 g/mol. The molecule has 1 aromatic rings. The molecule has 76 valence electrons. The molecule has 1 unspecified atom stereocenters. The van der Waals surface area contributed by atoms with E-state index < -0.39 is 7.82 Å². The molecule has 8 heteroatoms. The normalized spacial score (nSPS) is 12.1. The quantitative estimate of drug-likeness (QED) is 0.409. The summed E-state index contributed by atoms with van der Waals surface area (Å²) in [6.07, 6.45) is 0. The standard InChI is InChI=1S/C6H7O4P.Na.2H2O/c7-11(8,9)10-6-4-2-1-3-5-6;;;/h1-5H,(H2,7,8,9);;2*1H2/q;+1;;/p-1. The molecule has 0 bridgehead atoms. The Morgan fingerprint density at radius 1 is 1.21 bits per heavy atom. The maximum absolute atomic E-state index is 10.2. The van der Waals surface area contributed by atoms with Gasteiger partial charge in [-0.2, -0.15) is 0 Å². The second-order valence-electron chi connectivity index (χ2n) is 1.87. The first-order valence-electron chi connectivity index (χ1n) is 2.86. The summed E-state index contributed by atoms with van der Waals surface area (Å²) in [5.74, 6) is 0.105. The molecule has 0 saturated carbocycles. The Morgan fingerprint density at radius 2 is 1.64 bits per heavy atom. The minimum absolute atomic E-state index is 0. The van der Waals surface area contributed by atoms with Gasteiger partial charge in [0.1, 0.15) is 5.75 Å². The number of phosphoric acid groups is 1. The molecule has 0 aliphatic carbocycles. The molecule has 14 heavy (non-hydrogen) atoms. The van der Waals surface area contributed by atoms with Gasteiger partial charge in [0, 0.05) is 0 Å². The van der Waals surface area contributed by atoms with Crippen LogP contribution in [-0.4, -0.2) is 15.8 Å². The van der Waals surface area contributed by atoms with Crippen LogP contribution in [0.1, 0.15) is 0 Å². The molecule has 0 aromatic heterocycles. The van der Waals surface area contributed by atoms with Gasteiger partial charge in [-0.05, 0) is 12.1 Å². The van der Waals surface area contributed by atoms with Crippen LogP contribution in [0.2, 0.25) is 0 Å². The van der Waals surface area contributed by atoms with Crippen molar-refractivity contribution in [3.63, 3.8) is 0 Å². The first-order chi connectivity index (χ1) is 5.08. The molecule has 6 nitrogen and oxygen atoms in total. The molecule has 0 spiro atoms. The summed E-state index contributed by atoms with van der Waals surface area (Å²) in [6.45, 7) is 0. The molecule has 1 aromatic carbocycles. The summed E-state index contributed by atoms with van der Waals surface area (Å²) < 4.78 is 14.3. The number of para-hydroxylation sites is 1. The average molecular weight is 232 g/mol. The Kier molecular flexibility index (Phi) is 11.8. The Hall–Kier alpha value is 0.0900. The van der Waals surface area contributed by atoms with Gasteiger partial charge in [-0.25, -0.2) is 0 Å². The van der Waals surface area contributed by atoms with Crippen LogP contribution in [0.25, 0.3) is 0 Å². The summed E-state index contributed by atoms with van der Waals surface area (Å²) in [6, 6.07) is 7.78. The molecule has 5 N–H and O–H groups in total. The molecule has 0 radical (unpaired) electrons. The minimum atomic E-state index is -4.64. The van der Waals surface area contributed by atoms with E-state index in [1.165, 1.54) is 12.1 Å². The van der Waals surface area contributed by atoms with Crippen LogP contribution in [0.5, 0.6) is 5.75 Å². The molecule has 0 aliphatic heterocycles. The number of benzene rings is 1. The van der Waals surface area contributed by atoms with Gasteiger partial charge < -0.3 is 25.3 Å². The number of phosphoric ester groups is 1. The van der Waals surface area contributed by atoms with Crippen LogP contribution >= 0.6 is 7.82 Å². The average Bonchev–Trinajstić information content (AvgIpc) is 1.85. The predicted molar refractivity (Wildman–Crippen MR) is 44.1 cm³/mol. The largest absolute Gasteiger partial charge is 1.00 e. The summed E-state index contributed by atoms with van der Waals surface area (Å²) >= 11 is 0. The molecular formula is C6H10NaO6P. The van der Waals surface area contributed by atoms with Crippen LogP contribution in [0.3, 0.4) is 0 Å². The predicted octanol–water partition coefficient (Wildman–Crippen LogP) is -4.12. The van der Waals surface area contributed by atoms with Crippen molar-refractivity contribution in [3.05, 3.63) is 30.3 Å². The minimum Gasteiger partial charge on any atom is -0.746 e. The van der Waals surface area contributed by atoms with Crippen molar-refractivity contribution in [2.24, 2.45) is 0 Å². The number of hydrogen-bond acceptors (Lipinski definition) is 3. The maximum atomic E-state index is 10.2. The van der Waals surface area contributed by atoms with Crippen molar-refractivity contribution in [1.29, 1.82) is 0 Å². The van der Waals surface area contributed by atoms with Gasteiger partial charge in [0.15, 0.2) is 0 Å². The third kappa shape index (κ3) is 8.68. The SMILES string of the molecule is O.O.O=P([O-])(O)Oc1ccccc1.[Na+]. The van der Waals surface area contributed by atoms with Crippen LogP contribution < -0.4 is 39.0 Å². The van der Waals surface area contributed by atoms with Crippen LogP contribution in [0.4, 0.5) is 0 Å². The van der Waals surface area contributed by atoms with E-state index in [9.17, 15) is 9.46 Å². The van der Waals surface area contributed by atoms with E-state index in [2.05, 4.69) is 4.52 Å². The summed E-state index contributed by atoms with van der Waals surface area (Å²) in [7, 11) is -4.64. The van der Waals surface area contributed by atoms with Gasteiger partial charge >= 0.3 is 37.4 Å². The van der Waals surface area contributed by atoms with Gasteiger partial charge in [-0.1, -0.05) is 18.2 Å². The number of rotatable bonds is 2. The zero-order chi connectivity index (χ0) is 8.32. The number of hydrogen-bond donors (Lipinski definition) is 1. The Morgan fingerprint density at radius 3 is 2.00 bits per heavy atom. The van der Waals surface area contributed by atoms with Crippen molar-refractivity contribution in [1.82, 2.24) is 0 Å². The van der Waals surface area contributed by atoms with Gasteiger partial charge in [0.2, 0.25) is 0 Å². The topological polar surface area (TPSA) is 133 Å². The fourth-order valence-electron chi connectivity index (χ4n) is 0.615. The van der Waals surface area contributed by atoms with E-state index in [1.807, 2.05) is 0 Å². The fourth-order valence-corrected chi connectivity index (χ4v) is 1.00. The van der Waals surface area contributed by atoms with Crippen molar-refractivity contribution < 1.29 is 59.4 Å². The molecule has 0 saturated heterocycles. The Labute approximate surface area is 103 Å². The van der Waals surface area contributed by atoms with E-state index in [4.69, 9.17) is 4.89 Å². The molecule has 1 atom stereocenters. The molecular weight excluding hydrogens is 222 g/mol. The fraction of sp³-hybridized carbons (Fsp3) is 0. The Bertz CT molecular complexity index is 273. The summed E-state index contributed by atoms with van der Waals surface area (Å²) in [5, 5.41) is 0. The Balaban J connectivity index is -0.000000403. The van der Waals surface area contributed by atoms with Crippen molar-refractivity contribution in [2.75, 3.05) is 0 Å². The van der Waals surface area contributed by atoms with Gasteiger partial charge in [0.25, 0.3) is 0 Å². The van der Waals surface area contributed by atoms with Crippen LogP contribution in [0.15, 0.2) is 30.3 Å². The molecule has 0 fully saturated rings. The van der Waals surface area contributed by atoms with Gasteiger partial charge in [-0.15, -0.1) is 0 Å². The zero-order valence-corrected chi connectivity index (χ0v) is 10.4. The molecule has 0 heterocycles.